The second kappa shape index (κ2) is 5.36. The molecule has 2 amide bonds. The summed E-state index contributed by atoms with van der Waals surface area (Å²) < 4.78 is 0. The molecule has 0 bridgehead atoms. The maximum absolute atomic E-state index is 12.4. The molecule has 1 atom stereocenters. The zero-order valence-electron chi connectivity index (χ0n) is 11.3. The lowest BCUT2D eigenvalue weighted by Crippen LogP contribution is -2.36. The van der Waals surface area contributed by atoms with E-state index in [1.54, 1.807) is 30.3 Å². The summed E-state index contributed by atoms with van der Waals surface area (Å²) in [6.45, 7) is 2.55. The molecule has 0 unspecified atom stereocenters. The molecule has 1 aromatic rings. The molecule has 0 aromatic heterocycles. The third kappa shape index (κ3) is 2.39. The molecule has 1 fully saturated rings. The summed E-state index contributed by atoms with van der Waals surface area (Å²) in [4.78, 5) is 48.6. The van der Waals surface area contributed by atoms with E-state index in [2.05, 4.69) is 0 Å². The fourth-order valence-electron chi connectivity index (χ4n) is 2.62. The van der Waals surface area contributed by atoms with E-state index in [0.717, 1.165) is 4.90 Å². The highest BCUT2D eigenvalue weighted by Gasteiger charge is 2.46. The predicted octanol–water partition coefficient (Wildman–Crippen LogP) is 1.36. The highest BCUT2D eigenvalue weighted by atomic mass is 16.2. The molecule has 0 N–H and O–H groups in total. The minimum absolute atomic E-state index is 0.0996. The van der Waals surface area contributed by atoms with Crippen LogP contribution in [-0.2, 0) is 19.2 Å². The molecule has 1 heterocycles. The quantitative estimate of drug-likeness (QED) is 0.613. The van der Waals surface area contributed by atoms with Gasteiger partial charge in [-0.2, -0.15) is 0 Å². The molecule has 0 radical (unpaired) electrons. The Balaban J connectivity index is 2.34. The van der Waals surface area contributed by atoms with Gasteiger partial charge < -0.3 is 0 Å². The minimum Gasteiger partial charge on any atom is -0.299 e. The van der Waals surface area contributed by atoms with Crippen LogP contribution in [0.5, 0.6) is 0 Å². The summed E-state index contributed by atoms with van der Waals surface area (Å²) in [6.07, 6.45) is -0.0996. The van der Waals surface area contributed by atoms with E-state index in [1.165, 1.54) is 13.8 Å². The number of rotatable bonds is 4. The number of ketones is 2. The number of anilines is 1. The number of carbonyl (C=O) groups excluding carboxylic acids is 4. The third-order valence-electron chi connectivity index (χ3n) is 3.47. The topological polar surface area (TPSA) is 71.5 Å². The lowest BCUT2D eigenvalue weighted by molar-refractivity contribution is -0.137. The first-order valence-electron chi connectivity index (χ1n) is 6.36. The van der Waals surface area contributed by atoms with Crippen LogP contribution in [0.4, 0.5) is 5.69 Å². The summed E-state index contributed by atoms with van der Waals surface area (Å²) in [5.74, 6) is -3.51. The first kappa shape index (κ1) is 14.1. The molecule has 20 heavy (non-hydrogen) atoms. The Kier molecular flexibility index (Phi) is 3.79. The van der Waals surface area contributed by atoms with Gasteiger partial charge in [-0.3, -0.25) is 24.1 Å². The van der Waals surface area contributed by atoms with Crippen LogP contribution in [0.25, 0.3) is 0 Å². The van der Waals surface area contributed by atoms with Crippen molar-refractivity contribution in [2.75, 3.05) is 4.90 Å². The number of benzene rings is 1. The summed E-state index contributed by atoms with van der Waals surface area (Å²) >= 11 is 0. The Morgan fingerprint density at radius 1 is 1.10 bits per heavy atom. The summed E-state index contributed by atoms with van der Waals surface area (Å²) in [7, 11) is 0. The van der Waals surface area contributed by atoms with Crippen molar-refractivity contribution in [1.29, 1.82) is 0 Å². The molecule has 1 aromatic carbocycles. The first-order valence-corrected chi connectivity index (χ1v) is 6.36. The van der Waals surface area contributed by atoms with Crippen molar-refractivity contribution in [2.45, 2.75) is 20.3 Å². The van der Waals surface area contributed by atoms with Gasteiger partial charge in [-0.25, -0.2) is 0 Å². The lowest BCUT2D eigenvalue weighted by Gasteiger charge is -2.18. The van der Waals surface area contributed by atoms with Gasteiger partial charge in [0, 0.05) is 6.42 Å². The minimum atomic E-state index is -1.03. The molecule has 5 nitrogen and oxygen atoms in total. The largest absolute Gasteiger partial charge is 0.299 e. The van der Waals surface area contributed by atoms with Crippen LogP contribution in [0, 0.1) is 11.8 Å². The van der Waals surface area contributed by atoms with Gasteiger partial charge in [-0.05, 0) is 26.0 Å². The molecule has 1 aliphatic heterocycles. The summed E-state index contributed by atoms with van der Waals surface area (Å²) in [5, 5.41) is 0. The number of carbonyl (C=O) groups is 4. The Morgan fingerprint density at radius 2 is 1.65 bits per heavy atom. The van der Waals surface area contributed by atoms with Crippen molar-refractivity contribution in [1.82, 2.24) is 0 Å². The van der Waals surface area contributed by atoms with Crippen LogP contribution in [0.1, 0.15) is 20.3 Å². The lowest BCUT2D eigenvalue weighted by atomic mass is 9.85. The highest BCUT2D eigenvalue weighted by Crippen LogP contribution is 2.31. The molecule has 0 saturated carbocycles. The van der Waals surface area contributed by atoms with Crippen molar-refractivity contribution >= 4 is 29.1 Å². The van der Waals surface area contributed by atoms with E-state index in [1.807, 2.05) is 0 Å². The average molecular weight is 273 g/mol. The number of nitrogens with zero attached hydrogens (tertiary/aromatic N) is 1. The van der Waals surface area contributed by atoms with Gasteiger partial charge in [0.15, 0.2) is 0 Å². The second-order valence-corrected chi connectivity index (χ2v) is 4.91. The molecule has 2 rings (SSSR count). The van der Waals surface area contributed by atoms with Crippen LogP contribution in [0.2, 0.25) is 0 Å². The second-order valence-electron chi connectivity index (χ2n) is 4.91. The number of amides is 2. The molecule has 1 saturated heterocycles. The Hall–Kier alpha value is -2.30. The van der Waals surface area contributed by atoms with Gasteiger partial charge in [0.25, 0.3) is 0 Å². The van der Waals surface area contributed by atoms with E-state index in [4.69, 9.17) is 0 Å². The van der Waals surface area contributed by atoms with Gasteiger partial charge in [0.1, 0.15) is 11.6 Å². The Labute approximate surface area is 116 Å². The summed E-state index contributed by atoms with van der Waals surface area (Å²) in [6, 6.07) is 8.51. The van der Waals surface area contributed by atoms with Gasteiger partial charge in [0.2, 0.25) is 11.8 Å². The van der Waals surface area contributed by atoms with Crippen LogP contribution < -0.4 is 4.90 Å². The van der Waals surface area contributed by atoms with E-state index in [9.17, 15) is 19.2 Å². The van der Waals surface area contributed by atoms with Crippen molar-refractivity contribution < 1.29 is 19.2 Å². The Morgan fingerprint density at radius 3 is 2.15 bits per heavy atom. The van der Waals surface area contributed by atoms with E-state index < -0.39 is 17.7 Å². The predicted molar refractivity (Wildman–Crippen MR) is 71.9 cm³/mol. The number of hydrogen-bond acceptors (Lipinski definition) is 4. The molecular formula is C15H15NO4. The molecule has 1 aliphatic rings. The van der Waals surface area contributed by atoms with Crippen LogP contribution in [-0.4, -0.2) is 23.4 Å². The zero-order chi connectivity index (χ0) is 14.9. The normalized spacial score (nSPS) is 18.8. The first-order chi connectivity index (χ1) is 9.43. The van der Waals surface area contributed by atoms with Crippen LogP contribution in [0.15, 0.2) is 30.3 Å². The molecular weight excluding hydrogens is 258 g/mol. The third-order valence-corrected chi connectivity index (χ3v) is 3.47. The highest BCUT2D eigenvalue weighted by molar-refractivity contribution is 6.23. The molecule has 0 aliphatic carbocycles. The fraction of sp³-hybridized carbons (Fsp3) is 0.333. The van der Waals surface area contributed by atoms with E-state index in [-0.39, 0.29) is 23.9 Å². The maximum Gasteiger partial charge on any atom is 0.238 e. The fourth-order valence-corrected chi connectivity index (χ4v) is 2.62. The summed E-state index contributed by atoms with van der Waals surface area (Å²) in [5.41, 5.74) is 0.468. The van der Waals surface area contributed by atoms with E-state index in [0.29, 0.717) is 5.69 Å². The number of Topliss-reactive ketones (excluding diaryl/α,β-unsaturated/α-hetero) is 2. The van der Waals surface area contributed by atoms with E-state index >= 15 is 0 Å². The Bertz CT molecular complexity index is 565. The maximum atomic E-state index is 12.4. The smallest absolute Gasteiger partial charge is 0.238 e. The van der Waals surface area contributed by atoms with Gasteiger partial charge in [-0.1, -0.05) is 18.2 Å². The van der Waals surface area contributed by atoms with Crippen molar-refractivity contribution in [3.63, 3.8) is 0 Å². The molecule has 0 spiro atoms. The average Bonchev–Trinajstić information content (AvgIpc) is 2.65. The van der Waals surface area contributed by atoms with Gasteiger partial charge in [-0.15, -0.1) is 0 Å². The monoisotopic (exact) mass is 273 g/mol. The van der Waals surface area contributed by atoms with Gasteiger partial charge in [0.05, 0.1) is 17.5 Å². The van der Waals surface area contributed by atoms with Crippen molar-refractivity contribution in [3.05, 3.63) is 30.3 Å². The van der Waals surface area contributed by atoms with Crippen LogP contribution >= 0.6 is 0 Å². The van der Waals surface area contributed by atoms with Crippen molar-refractivity contribution in [3.8, 4) is 0 Å². The number of para-hydroxylation sites is 1. The standard InChI is InChI=1S/C15H15NO4/c1-9(17)14(10(2)18)12-8-13(19)16(15(12)20)11-6-4-3-5-7-11/h3-7,12,14H,8H2,1-2H3/t12-/m0/s1. The molecule has 104 valence electrons. The number of imide groups is 1. The van der Waals surface area contributed by atoms with Gasteiger partial charge >= 0.3 is 0 Å². The van der Waals surface area contributed by atoms with Crippen molar-refractivity contribution in [2.24, 2.45) is 11.8 Å². The number of hydrogen-bond donors (Lipinski definition) is 0. The molecule has 5 heteroatoms. The SMILES string of the molecule is CC(=O)C(C(C)=O)[C@@H]1CC(=O)N(c2ccccc2)C1=O. The zero-order valence-corrected chi connectivity index (χ0v) is 11.3. The van der Waals surface area contributed by atoms with Crippen LogP contribution in [0.3, 0.4) is 0 Å².